The van der Waals surface area contributed by atoms with Gasteiger partial charge in [0.2, 0.25) is 0 Å². The lowest BCUT2D eigenvalue weighted by Gasteiger charge is -2.22. The Morgan fingerprint density at radius 2 is 1.73 bits per heavy atom. The van der Waals surface area contributed by atoms with E-state index in [2.05, 4.69) is 10.1 Å². The van der Waals surface area contributed by atoms with Crippen LogP contribution >= 0.6 is 0 Å². The lowest BCUT2D eigenvalue weighted by molar-refractivity contribution is 0.479. The van der Waals surface area contributed by atoms with Gasteiger partial charge < -0.3 is 9.80 Å². The average molecular weight is 303 g/mol. The first kappa shape index (κ1) is 16.0. The molecule has 118 valence electrons. The zero-order chi connectivity index (χ0) is 16.1. The summed E-state index contributed by atoms with van der Waals surface area (Å²) in [6.07, 6.45) is 2.64. The lowest BCUT2D eigenvalue weighted by atomic mass is 10.3. The van der Waals surface area contributed by atoms with Crippen LogP contribution in [0.1, 0.15) is 5.69 Å². The van der Waals surface area contributed by atoms with Crippen LogP contribution in [0.4, 0.5) is 4.39 Å². The molecule has 6 heteroatoms. The second kappa shape index (κ2) is 7.06. The minimum absolute atomic E-state index is 0.245. The molecule has 0 N–H and O–H groups in total. The van der Waals surface area contributed by atoms with E-state index in [0.717, 1.165) is 23.8 Å². The highest BCUT2D eigenvalue weighted by atomic mass is 19.1. The van der Waals surface area contributed by atoms with Gasteiger partial charge in [-0.1, -0.05) is 0 Å². The summed E-state index contributed by atoms with van der Waals surface area (Å²) in [6, 6.07) is 8.24. The second-order valence-corrected chi connectivity index (χ2v) is 5.45. The maximum Gasteiger partial charge on any atom is 0.195 e. The van der Waals surface area contributed by atoms with E-state index in [1.165, 1.54) is 12.1 Å². The molecule has 0 bridgehead atoms. The van der Waals surface area contributed by atoms with Gasteiger partial charge in [-0.25, -0.2) is 9.07 Å². The Bertz CT molecular complexity index is 618. The summed E-state index contributed by atoms with van der Waals surface area (Å²) < 4.78 is 14.7. The number of aromatic nitrogens is 2. The van der Waals surface area contributed by atoms with Crippen molar-refractivity contribution in [2.45, 2.75) is 6.42 Å². The summed E-state index contributed by atoms with van der Waals surface area (Å²) in [5, 5.41) is 4.49. The zero-order valence-corrected chi connectivity index (χ0v) is 13.5. The monoisotopic (exact) mass is 303 g/mol. The van der Waals surface area contributed by atoms with Gasteiger partial charge >= 0.3 is 0 Å². The molecule has 0 aliphatic rings. The van der Waals surface area contributed by atoms with Crippen LogP contribution in [0.3, 0.4) is 0 Å². The molecule has 0 aliphatic carbocycles. The molecule has 2 rings (SSSR count). The maximum absolute atomic E-state index is 12.9. The summed E-state index contributed by atoms with van der Waals surface area (Å²) in [7, 11) is 7.90. The molecular formula is C16H22FN5. The molecule has 0 saturated heterocycles. The molecule has 1 aromatic heterocycles. The first-order valence-electron chi connectivity index (χ1n) is 7.17. The molecule has 0 amide bonds. The van der Waals surface area contributed by atoms with E-state index in [1.807, 2.05) is 50.3 Å². The van der Waals surface area contributed by atoms with Crippen LogP contribution in [0, 0.1) is 5.82 Å². The van der Waals surface area contributed by atoms with Gasteiger partial charge in [-0.05, 0) is 30.3 Å². The third-order valence-electron chi connectivity index (χ3n) is 3.16. The number of guanidine groups is 1. The van der Waals surface area contributed by atoms with Crippen LogP contribution in [0.5, 0.6) is 0 Å². The first-order chi connectivity index (χ1) is 10.5. The number of rotatable bonds is 4. The fraction of sp³-hybridized carbons (Fsp3) is 0.375. The number of hydrogen-bond acceptors (Lipinski definition) is 2. The van der Waals surface area contributed by atoms with Crippen molar-refractivity contribution >= 4 is 5.96 Å². The fourth-order valence-corrected chi connectivity index (χ4v) is 2.19. The molecule has 0 radical (unpaired) electrons. The van der Waals surface area contributed by atoms with Crippen LogP contribution in [0.15, 0.2) is 41.5 Å². The van der Waals surface area contributed by atoms with Crippen LogP contribution in [0.2, 0.25) is 0 Å². The molecule has 1 heterocycles. The zero-order valence-electron chi connectivity index (χ0n) is 13.5. The van der Waals surface area contributed by atoms with E-state index < -0.39 is 0 Å². The Hall–Kier alpha value is -2.37. The Morgan fingerprint density at radius 1 is 1.09 bits per heavy atom. The first-order valence-corrected chi connectivity index (χ1v) is 7.17. The third kappa shape index (κ3) is 4.07. The third-order valence-corrected chi connectivity index (χ3v) is 3.16. The van der Waals surface area contributed by atoms with Crippen molar-refractivity contribution in [3.05, 3.63) is 48.0 Å². The number of hydrogen-bond donors (Lipinski definition) is 0. The topological polar surface area (TPSA) is 36.7 Å². The molecule has 0 fully saturated rings. The van der Waals surface area contributed by atoms with Crippen LogP contribution in [0.25, 0.3) is 5.69 Å². The summed E-state index contributed by atoms with van der Waals surface area (Å²) in [6.45, 7) is 0.673. The van der Waals surface area contributed by atoms with E-state index in [1.54, 1.807) is 16.8 Å². The van der Waals surface area contributed by atoms with Crippen molar-refractivity contribution in [1.82, 2.24) is 19.6 Å². The molecule has 5 nitrogen and oxygen atoms in total. The highest BCUT2D eigenvalue weighted by Crippen LogP contribution is 2.09. The van der Waals surface area contributed by atoms with E-state index in [9.17, 15) is 4.39 Å². The molecule has 1 aromatic carbocycles. The normalized spacial score (nSPS) is 10.4. The van der Waals surface area contributed by atoms with E-state index in [0.29, 0.717) is 6.54 Å². The highest BCUT2D eigenvalue weighted by molar-refractivity contribution is 5.79. The molecule has 2 aromatic rings. The number of halogens is 1. The number of benzene rings is 1. The summed E-state index contributed by atoms with van der Waals surface area (Å²) in [5.41, 5.74) is 1.81. The fourth-order valence-electron chi connectivity index (χ4n) is 2.19. The van der Waals surface area contributed by atoms with Gasteiger partial charge in [0.15, 0.2) is 5.96 Å². The quantitative estimate of drug-likeness (QED) is 0.640. The van der Waals surface area contributed by atoms with Crippen LogP contribution in [-0.2, 0) is 6.42 Å². The van der Waals surface area contributed by atoms with Crippen molar-refractivity contribution in [2.75, 3.05) is 34.7 Å². The molecule has 0 saturated carbocycles. The van der Waals surface area contributed by atoms with E-state index in [-0.39, 0.29) is 5.82 Å². The standard InChI is InChI=1S/C16H22FN5/c1-20(2)16(21(3)4)18-11-9-14-10-12-22(19-14)15-7-5-13(17)6-8-15/h5-8,10,12H,9,11H2,1-4H3. The van der Waals surface area contributed by atoms with Gasteiger partial charge in [-0.3, -0.25) is 4.99 Å². The summed E-state index contributed by atoms with van der Waals surface area (Å²) in [5.74, 6) is 0.684. The van der Waals surface area contributed by atoms with Crippen LogP contribution < -0.4 is 0 Å². The van der Waals surface area contributed by atoms with Gasteiger partial charge in [0.25, 0.3) is 0 Å². The summed E-state index contributed by atoms with van der Waals surface area (Å²) in [4.78, 5) is 8.55. The Balaban J connectivity index is 2.00. The van der Waals surface area contributed by atoms with E-state index >= 15 is 0 Å². The predicted molar refractivity (Wildman–Crippen MR) is 86.9 cm³/mol. The highest BCUT2D eigenvalue weighted by Gasteiger charge is 2.05. The minimum atomic E-state index is -0.245. The largest absolute Gasteiger partial charge is 0.349 e. The Labute approximate surface area is 130 Å². The van der Waals surface area contributed by atoms with Crippen molar-refractivity contribution in [1.29, 1.82) is 0 Å². The Morgan fingerprint density at radius 3 is 2.32 bits per heavy atom. The van der Waals surface area contributed by atoms with Crippen molar-refractivity contribution < 1.29 is 4.39 Å². The van der Waals surface area contributed by atoms with Gasteiger partial charge in [-0.15, -0.1) is 0 Å². The van der Waals surface area contributed by atoms with Gasteiger partial charge in [0, 0.05) is 47.4 Å². The van der Waals surface area contributed by atoms with Gasteiger partial charge in [0.05, 0.1) is 11.4 Å². The van der Waals surface area contributed by atoms with Crippen molar-refractivity contribution in [2.24, 2.45) is 4.99 Å². The van der Waals surface area contributed by atoms with Gasteiger partial charge in [-0.2, -0.15) is 5.10 Å². The molecule has 0 spiro atoms. The van der Waals surface area contributed by atoms with Gasteiger partial charge in [0.1, 0.15) is 5.82 Å². The van der Waals surface area contributed by atoms with E-state index in [4.69, 9.17) is 0 Å². The smallest absolute Gasteiger partial charge is 0.195 e. The number of nitrogens with zero attached hydrogens (tertiary/aromatic N) is 5. The SMILES string of the molecule is CN(C)C(=NCCc1ccn(-c2ccc(F)cc2)n1)N(C)C. The molecule has 0 unspecified atom stereocenters. The molecular weight excluding hydrogens is 281 g/mol. The second-order valence-electron chi connectivity index (χ2n) is 5.45. The Kier molecular flexibility index (Phi) is 5.14. The predicted octanol–water partition coefficient (Wildman–Crippen LogP) is 2.03. The van der Waals surface area contributed by atoms with Crippen molar-refractivity contribution in [3.8, 4) is 5.69 Å². The van der Waals surface area contributed by atoms with Crippen molar-refractivity contribution in [3.63, 3.8) is 0 Å². The van der Waals surface area contributed by atoms with Crippen LogP contribution in [-0.4, -0.2) is 60.3 Å². The molecule has 22 heavy (non-hydrogen) atoms. The molecule has 0 atom stereocenters. The lowest BCUT2D eigenvalue weighted by Crippen LogP contribution is -2.35. The summed E-state index contributed by atoms with van der Waals surface area (Å²) >= 11 is 0. The molecule has 0 aliphatic heterocycles. The minimum Gasteiger partial charge on any atom is -0.349 e. The maximum atomic E-state index is 12.9. The average Bonchev–Trinajstić information content (AvgIpc) is 2.92. The number of aliphatic imine (C=N–C) groups is 1.